The molecule has 8 heteroatoms. The predicted molar refractivity (Wildman–Crippen MR) is 128 cm³/mol. The summed E-state index contributed by atoms with van der Waals surface area (Å²) in [5.74, 6) is 0.881. The zero-order chi connectivity index (χ0) is 22.6. The average Bonchev–Trinajstić information content (AvgIpc) is 3.27. The first-order valence-corrected chi connectivity index (χ1v) is 11.2. The molecule has 0 spiro atoms. The molecule has 0 atom stereocenters. The van der Waals surface area contributed by atoms with E-state index in [0.29, 0.717) is 44.0 Å². The van der Waals surface area contributed by atoms with Crippen LogP contribution in [0.15, 0.2) is 67.1 Å². The molecule has 0 bridgehead atoms. The Morgan fingerprint density at radius 3 is 2.55 bits per heavy atom. The van der Waals surface area contributed by atoms with Crippen LogP contribution in [-0.2, 0) is 11.2 Å². The number of piperazine rings is 1. The maximum atomic E-state index is 13.0. The molecule has 33 heavy (non-hydrogen) atoms. The number of pyridine rings is 2. The number of carbonyl (C=O) groups excluding carboxylic acids is 2. The van der Waals surface area contributed by atoms with Crippen LogP contribution in [0.25, 0.3) is 0 Å². The summed E-state index contributed by atoms with van der Waals surface area (Å²) in [5.41, 5.74) is 3.35. The highest BCUT2D eigenvalue weighted by Gasteiger charge is 2.27. The first kappa shape index (κ1) is 20.9. The molecule has 1 aromatic carbocycles. The SMILES string of the molecule is O=C(Nc1cccnc1)c1ccccc1N1CCN(C(=O)CN2CCc3cccnc32)CC1. The highest BCUT2D eigenvalue weighted by Crippen LogP contribution is 2.26. The molecule has 5 rings (SSSR count). The number of nitrogens with one attached hydrogen (secondary N) is 1. The zero-order valence-corrected chi connectivity index (χ0v) is 18.4. The van der Waals surface area contributed by atoms with Crippen LogP contribution in [0.2, 0.25) is 0 Å². The molecule has 0 unspecified atom stereocenters. The second-order valence-electron chi connectivity index (χ2n) is 8.24. The van der Waals surface area contributed by atoms with Gasteiger partial charge in [-0.05, 0) is 42.3 Å². The Balaban J connectivity index is 1.21. The van der Waals surface area contributed by atoms with E-state index in [0.717, 1.165) is 24.5 Å². The van der Waals surface area contributed by atoms with Crippen molar-refractivity contribution in [1.29, 1.82) is 0 Å². The maximum absolute atomic E-state index is 13.0. The molecule has 0 saturated carbocycles. The Labute approximate surface area is 192 Å². The zero-order valence-electron chi connectivity index (χ0n) is 18.4. The molecule has 168 valence electrons. The lowest BCUT2D eigenvalue weighted by Gasteiger charge is -2.37. The van der Waals surface area contributed by atoms with Crippen molar-refractivity contribution in [3.63, 3.8) is 0 Å². The van der Waals surface area contributed by atoms with Crippen LogP contribution in [0.1, 0.15) is 15.9 Å². The summed E-state index contributed by atoms with van der Waals surface area (Å²) in [4.78, 5) is 40.5. The largest absolute Gasteiger partial charge is 0.367 e. The average molecular weight is 443 g/mol. The number of fused-ring (bicyclic) bond motifs is 1. The van der Waals surface area contributed by atoms with Gasteiger partial charge in [0.1, 0.15) is 5.82 Å². The fourth-order valence-electron chi connectivity index (χ4n) is 4.46. The van der Waals surface area contributed by atoms with Crippen LogP contribution >= 0.6 is 0 Å². The van der Waals surface area contributed by atoms with E-state index in [4.69, 9.17) is 0 Å². The summed E-state index contributed by atoms with van der Waals surface area (Å²) in [6.45, 7) is 3.79. The van der Waals surface area contributed by atoms with Gasteiger partial charge < -0.3 is 20.0 Å². The molecule has 1 saturated heterocycles. The minimum Gasteiger partial charge on any atom is -0.367 e. The third kappa shape index (κ3) is 4.50. The van der Waals surface area contributed by atoms with E-state index >= 15 is 0 Å². The monoisotopic (exact) mass is 442 g/mol. The van der Waals surface area contributed by atoms with Gasteiger partial charge in [-0.25, -0.2) is 4.98 Å². The highest BCUT2D eigenvalue weighted by molar-refractivity contribution is 6.08. The molecule has 2 aliphatic heterocycles. The first-order valence-electron chi connectivity index (χ1n) is 11.2. The topological polar surface area (TPSA) is 81.7 Å². The summed E-state index contributed by atoms with van der Waals surface area (Å²) < 4.78 is 0. The number of carbonyl (C=O) groups is 2. The number of nitrogens with zero attached hydrogens (tertiary/aromatic N) is 5. The molecule has 2 aliphatic rings. The van der Waals surface area contributed by atoms with Gasteiger partial charge in [0.25, 0.3) is 5.91 Å². The molecule has 1 fully saturated rings. The van der Waals surface area contributed by atoms with E-state index in [1.165, 1.54) is 5.56 Å². The molecule has 8 nitrogen and oxygen atoms in total. The Bertz CT molecular complexity index is 1140. The van der Waals surface area contributed by atoms with E-state index < -0.39 is 0 Å². The Morgan fingerprint density at radius 2 is 1.73 bits per heavy atom. The quantitative estimate of drug-likeness (QED) is 0.654. The number of hydrogen-bond acceptors (Lipinski definition) is 6. The van der Waals surface area contributed by atoms with Crippen LogP contribution < -0.4 is 15.1 Å². The summed E-state index contributed by atoms with van der Waals surface area (Å²) in [7, 11) is 0. The summed E-state index contributed by atoms with van der Waals surface area (Å²) in [6, 6.07) is 15.2. The highest BCUT2D eigenvalue weighted by atomic mass is 16.2. The van der Waals surface area contributed by atoms with Gasteiger partial charge in [0.2, 0.25) is 5.91 Å². The van der Waals surface area contributed by atoms with E-state index in [1.54, 1.807) is 24.7 Å². The van der Waals surface area contributed by atoms with Crippen molar-refractivity contribution in [3.05, 3.63) is 78.2 Å². The minimum atomic E-state index is -0.169. The maximum Gasteiger partial charge on any atom is 0.257 e. The number of benzene rings is 1. The van der Waals surface area contributed by atoms with Crippen molar-refractivity contribution in [2.75, 3.05) is 54.4 Å². The summed E-state index contributed by atoms with van der Waals surface area (Å²) >= 11 is 0. The predicted octanol–water partition coefficient (Wildman–Crippen LogP) is 2.44. The molecule has 1 N–H and O–H groups in total. The van der Waals surface area contributed by atoms with E-state index in [1.807, 2.05) is 41.3 Å². The molecular weight excluding hydrogens is 416 g/mol. The first-order chi connectivity index (χ1) is 16.2. The van der Waals surface area contributed by atoms with Crippen molar-refractivity contribution in [3.8, 4) is 0 Å². The van der Waals surface area contributed by atoms with Gasteiger partial charge in [0.15, 0.2) is 0 Å². The standard InChI is InChI=1S/C25H26N6O2/c32-23(18-31-12-9-19-5-3-11-27-24(19)31)30-15-13-29(14-16-30)22-8-2-1-7-21(22)25(33)28-20-6-4-10-26-17-20/h1-8,10-11,17H,9,12-16,18H2,(H,28,33). The van der Waals surface area contributed by atoms with Crippen LogP contribution in [0.3, 0.4) is 0 Å². The summed E-state index contributed by atoms with van der Waals surface area (Å²) in [5, 5.41) is 2.91. The molecule has 0 aliphatic carbocycles. The van der Waals surface area contributed by atoms with Crippen molar-refractivity contribution in [1.82, 2.24) is 14.9 Å². The Kier molecular flexibility index (Phi) is 5.89. The summed E-state index contributed by atoms with van der Waals surface area (Å²) in [6.07, 6.45) is 6.01. The normalized spacial score (nSPS) is 15.3. The third-order valence-corrected chi connectivity index (χ3v) is 6.19. The van der Waals surface area contributed by atoms with Crippen molar-refractivity contribution in [2.45, 2.75) is 6.42 Å². The number of amides is 2. The van der Waals surface area contributed by atoms with Crippen LogP contribution in [0.5, 0.6) is 0 Å². The van der Waals surface area contributed by atoms with Gasteiger partial charge in [-0.1, -0.05) is 18.2 Å². The second-order valence-corrected chi connectivity index (χ2v) is 8.24. The lowest BCUT2D eigenvalue weighted by molar-refractivity contribution is -0.130. The fraction of sp³-hybridized carbons (Fsp3) is 0.280. The van der Waals surface area contributed by atoms with Gasteiger partial charge in [0, 0.05) is 50.8 Å². The van der Waals surface area contributed by atoms with Gasteiger partial charge in [-0.2, -0.15) is 0 Å². The van der Waals surface area contributed by atoms with Crippen molar-refractivity contribution in [2.24, 2.45) is 0 Å². The second kappa shape index (κ2) is 9.28. The third-order valence-electron chi connectivity index (χ3n) is 6.19. The lowest BCUT2D eigenvalue weighted by atomic mass is 10.1. The van der Waals surface area contributed by atoms with Crippen molar-refractivity contribution >= 4 is 29.0 Å². The smallest absolute Gasteiger partial charge is 0.257 e. The molecule has 2 amide bonds. The van der Waals surface area contributed by atoms with Gasteiger partial charge >= 0.3 is 0 Å². The number of rotatable bonds is 5. The number of hydrogen-bond donors (Lipinski definition) is 1. The Morgan fingerprint density at radius 1 is 0.909 bits per heavy atom. The molecular formula is C25H26N6O2. The molecule has 4 heterocycles. The van der Waals surface area contributed by atoms with E-state index in [-0.39, 0.29) is 11.8 Å². The number of anilines is 3. The van der Waals surface area contributed by atoms with Gasteiger partial charge in [0.05, 0.1) is 24.0 Å². The van der Waals surface area contributed by atoms with E-state index in [9.17, 15) is 9.59 Å². The Hall–Kier alpha value is -3.94. The molecule has 0 radical (unpaired) electrons. The van der Waals surface area contributed by atoms with Gasteiger partial charge in [-0.3, -0.25) is 14.6 Å². The van der Waals surface area contributed by atoms with Gasteiger partial charge in [-0.15, -0.1) is 0 Å². The molecule has 3 aromatic rings. The van der Waals surface area contributed by atoms with Crippen LogP contribution in [-0.4, -0.2) is 66.0 Å². The van der Waals surface area contributed by atoms with Crippen LogP contribution in [0, 0.1) is 0 Å². The number of para-hydroxylation sites is 1. The van der Waals surface area contributed by atoms with Crippen LogP contribution in [0.4, 0.5) is 17.2 Å². The van der Waals surface area contributed by atoms with E-state index in [2.05, 4.69) is 31.2 Å². The fourth-order valence-corrected chi connectivity index (χ4v) is 4.46. The number of aromatic nitrogens is 2. The minimum absolute atomic E-state index is 0.121. The van der Waals surface area contributed by atoms with Crippen molar-refractivity contribution < 1.29 is 9.59 Å². The molecule has 2 aromatic heterocycles. The lowest BCUT2D eigenvalue weighted by Crippen LogP contribution is -2.51.